The van der Waals surface area contributed by atoms with E-state index in [2.05, 4.69) is 20.5 Å². The van der Waals surface area contributed by atoms with Crippen molar-refractivity contribution in [3.05, 3.63) is 29.6 Å². The Kier molecular flexibility index (Phi) is 8.33. The minimum absolute atomic E-state index is 0. The molecule has 0 bridgehead atoms. The minimum Gasteiger partial charge on any atom is -0.369 e. The van der Waals surface area contributed by atoms with E-state index in [0.717, 1.165) is 56.0 Å². The number of hydrogen-bond donors (Lipinski definition) is 2. The van der Waals surface area contributed by atoms with E-state index in [1.165, 1.54) is 6.07 Å². The van der Waals surface area contributed by atoms with Crippen LogP contribution in [0.25, 0.3) is 0 Å². The fourth-order valence-electron chi connectivity index (χ4n) is 3.32. The van der Waals surface area contributed by atoms with E-state index in [9.17, 15) is 9.18 Å². The van der Waals surface area contributed by atoms with E-state index < -0.39 is 0 Å². The lowest BCUT2D eigenvalue weighted by molar-refractivity contribution is -0.127. The summed E-state index contributed by atoms with van der Waals surface area (Å²) in [5, 5.41) is 6.91. The molecule has 1 atom stereocenters. The van der Waals surface area contributed by atoms with E-state index in [1.807, 2.05) is 13.0 Å². The Morgan fingerprint density at radius 3 is 2.61 bits per heavy atom. The second kappa shape index (κ2) is 10.3. The van der Waals surface area contributed by atoms with E-state index in [4.69, 9.17) is 0 Å². The summed E-state index contributed by atoms with van der Waals surface area (Å²) in [7, 11) is 3.48. The van der Waals surface area contributed by atoms with Gasteiger partial charge in [-0.15, -0.1) is 24.0 Å². The number of benzene rings is 1. The molecule has 28 heavy (non-hydrogen) atoms. The van der Waals surface area contributed by atoms with Gasteiger partial charge in [-0.05, 0) is 56.4 Å². The standard InChI is InChI=1S/C20H30FN5O.HI/c1-14-11-15(21)6-9-18(14)26-10-4-5-17(13-26)24-20(23-16-7-8-16)22-12-19(27)25(2)3;/h6,9,11,16-17H,4-5,7-8,10,12-13H2,1-3H3,(H2,22,23,24);1H. The van der Waals surface area contributed by atoms with Gasteiger partial charge in [0.15, 0.2) is 5.96 Å². The molecule has 6 nitrogen and oxygen atoms in total. The summed E-state index contributed by atoms with van der Waals surface area (Å²) in [4.78, 5) is 20.2. The van der Waals surface area contributed by atoms with Crippen LogP contribution in [0.3, 0.4) is 0 Å². The average Bonchev–Trinajstić information content (AvgIpc) is 3.43. The lowest BCUT2D eigenvalue weighted by Crippen LogP contribution is -2.52. The monoisotopic (exact) mass is 503 g/mol. The van der Waals surface area contributed by atoms with Crippen molar-refractivity contribution in [2.75, 3.05) is 38.6 Å². The summed E-state index contributed by atoms with van der Waals surface area (Å²) in [5.74, 6) is 0.506. The zero-order valence-electron chi connectivity index (χ0n) is 16.9. The summed E-state index contributed by atoms with van der Waals surface area (Å²) in [6.07, 6.45) is 4.40. The molecule has 1 saturated heterocycles. The highest BCUT2D eigenvalue weighted by molar-refractivity contribution is 14.0. The van der Waals surface area contributed by atoms with Gasteiger partial charge >= 0.3 is 0 Å². The van der Waals surface area contributed by atoms with Crippen molar-refractivity contribution < 1.29 is 9.18 Å². The fourth-order valence-corrected chi connectivity index (χ4v) is 3.32. The number of nitrogens with zero attached hydrogens (tertiary/aromatic N) is 3. The molecule has 156 valence electrons. The molecule has 8 heteroatoms. The number of rotatable bonds is 5. The number of aryl methyl sites for hydroxylation is 1. The van der Waals surface area contributed by atoms with E-state index >= 15 is 0 Å². The van der Waals surface area contributed by atoms with E-state index in [0.29, 0.717) is 6.04 Å². The third-order valence-corrected chi connectivity index (χ3v) is 5.05. The molecule has 1 aliphatic carbocycles. The first-order chi connectivity index (χ1) is 12.9. The Morgan fingerprint density at radius 2 is 1.96 bits per heavy atom. The molecule has 0 spiro atoms. The lowest BCUT2D eigenvalue weighted by atomic mass is 10.0. The van der Waals surface area contributed by atoms with Crippen molar-refractivity contribution >= 4 is 41.5 Å². The predicted octanol–water partition coefficient (Wildman–Crippen LogP) is 2.51. The molecule has 2 N–H and O–H groups in total. The highest BCUT2D eigenvalue weighted by Crippen LogP contribution is 2.24. The third-order valence-electron chi connectivity index (χ3n) is 5.05. The molecule has 0 radical (unpaired) electrons. The van der Waals surface area contributed by atoms with Gasteiger partial charge < -0.3 is 20.4 Å². The number of nitrogens with one attached hydrogen (secondary N) is 2. The van der Waals surface area contributed by atoms with Crippen LogP contribution in [0.2, 0.25) is 0 Å². The highest BCUT2D eigenvalue weighted by atomic mass is 127. The van der Waals surface area contributed by atoms with Gasteiger partial charge in [-0.1, -0.05) is 0 Å². The first kappa shape index (κ1) is 22.7. The molecule has 3 rings (SSSR count). The topological polar surface area (TPSA) is 60.0 Å². The van der Waals surface area contributed by atoms with Crippen molar-refractivity contribution in [3.63, 3.8) is 0 Å². The predicted molar refractivity (Wildman–Crippen MR) is 122 cm³/mol. The molecule has 2 fully saturated rings. The molecule has 1 amide bonds. The van der Waals surface area contributed by atoms with Crippen LogP contribution >= 0.6 is 24.0 Å². The zero-order valence-corrected chi connectivity index (χ0v) is 19.2. The van der Waals surface area contributed by atoms with Gasteiger partial charge in [-0.3, -0.25) is 4.79 Å². The lowest BCUT2D eigenvalue weighted by Gasteiger charge is -2.36. The Balaban J connectivity index is 0.00000280. The maximum absolute atomic E-state index is 13.4. The first-order valence-electron chi connectivity index (χ1n) is 9.71. The number of carbonyl (C=O) groups excluding carboxylic acids is 1. The van der Waals surface area contributed by atoms with Crippen LogP contribution in [0.15, 0.2) is 23.2 Å². The Morgan fingerprint density at radius 1 is 1.25 bits per heavy atom. The van der Waals surface area contributed by atoms with Crippen LogP contribution in [0.4, 0.5) is 10.1 Å². The first-order valence-corrected chi connectivity index (χ1v) is 9.71. The van der Waals surface area contributed by atoms with Crippen LogP contribution in [0.5, 0.6) is 0 Å². The maximum Gasteiger partial charge on any atom is 0.243 e. The fraction of sp³-hybridized carbons (Fsp3) is 0.600. The van der Waals surface area contributed by atoms with Gasteiger partial charge in [0.1, 0.15) is 12.4 Å². The summed E-state index contributed by atoms with van der Waals surface area (Å²) in [5.41, 5.74) is 2.04. The number of halogens is 2. The Hall–Kier alpha value is -1.58. The second-order valence-electron chi connectivity index (χ2n) is 7.73. The number of amides is 1. The quantitative estimate of drug-likeness (QED) is 0.369. The number of carbonyl (C=O) groups is 1. The number of guanidine groups is 1. The third kappa shape index (κ3) is 6.49. The molecular formula is C20H31FIN5O. The number of piperidine rings is 1. The summed E-state index contributed by atoms with van der Waals surface area (Å²) in [6.45, 7) is 3.89. The van der Waals surface area contributed by atoms with Gasteiger partial charge in [-0.25, -0.2) is 9.38 Å². The van der Waals surface area contributed by atoms with Gasteiger partial charge in [-0.2, -0.15) is 0 Å². The Labute approximate surface area is 184 Å². The molecule has 2 aliphatic rings. The van der Waals surface area contributed by atoms with Crippen molar-refractivity contribution in [3.8, 4) is 0 Å². The molecular weight excluding hydrogens is 472 g/mol. The van der Waals surface area contributed by atoms with Crippen molar-refractivity contribution in [2.24, 2.45) is 4.99 Å². The number of aliphatic imine (C=N–C) groups is 1. The molecule has 1 aromatic rings. The van der Waals surface area contributed by atoms with Crippen molar-refractivity contribution in [1.29, 1.82) is 0 Å². The maximum atomic E-state index is 13.4. The Bertz CT molecular complexity index is 708. The number of hydrogen-bond acceptors (Lipinski definition) is 3. The van der Waals surface area contributed by atoms with Crippen molar-refractivity contribution in [2.45, 2.75) is 44.7 Å². The average molecular weight is 503 g/mol. The smallest absolute Gasteiger partial charge is 0.243 e. The number of anilines is 1. The summed E-state index contributed by atoms with van der Waals surface area (Å²) in [6, 6.07) is 5.67. The summed E-state index contributed by atoms with van der Waals surface area (Å²) < 4.78 is 13.4. The van der Waals surface area contributed by atoms with Crippen LogP contribution in [0, 0.1) is 12.7 Å². The molecule has 1 heterocycles. The molecule has 1 saturated carbocycles. The SMILES string of the molecule is Cc1cc(F)ccc1N1CCCC(NC(=NCC(=O)N(C)C)NC2CC2)C1.I. The van der Waals surface area contributed by atoms with E-state index in [-0.39, 0.29) is 48.3 Å². The van der Waals surface area contributed by atoms with Crippen molar-refractivity contribution in [1.82, 2.24) is 15.5 Å². The molecule has 1 unspecified atom stereocenters. The van der Waals surface area contributed by atoms with Crippen LogP contribution < -0.4 is 15.5 Å². The van der Waals surface area contributed by atoms with Gasteiger partial charge in [0.2, 0.25) is 5.91 Å². The molecule has 1 aromatic carbocycles. The second-order valence-corrected chi connectivity index (χ2v) is 7.73. The van der Waals surface area contributed by atoms with E-state index in [1.54, 1.807) is 25.1 Å². The zero-order chi connectivity index (χ0) is 19.4. The van der Waals surface area contributed by atoms with Gasteiger partial charge in [0, 0.05) is 45.0 Å². The largest absolute Gasteiger partial charge is 0.369 e. The molecule has 1 aliphatic heterocycles. The summed E-state index contributed by atoms with van der Waals surface area (Å²) >= 11 is 0. The normalized spacial score (nSPS) is 19.6. The van der Waals surface area contributed by atoms with Crippen LogP contribution in [-0.2, 0) is 4.79 Å². The van der Waals surface area contributed by atoms with Gasteiger partial charge in [0.05, 0.1) is 0 Å². The minimum atomic E-state index is -0.198. The highest BCUT2D eigenvalue weighted by Gasteiger charge is 2.26. The van der Waals surface area contributed by atoms with Crippen LogP contribution in [0.1, 0.15) is 31.2 Å². The molecule has 0 aromatic heterocycles. The number of likely N-dealkylation sites (N-methyl/N-ethyl adjacent to an activating group) is 1. The van der Waals surface area contributed by atoms with Gasteiger partial charge in [0.25, 0.3) is 0 Å². The van der Waals surface area contributed by atoms with Crippen LogP contribution in [-0.4, -0.2) is 62.6 Å².